The lowest BCUT2D eigenvalue weighted by Crippen LogP contribution is -2.42. The van der Waals surface area contributed by atoms with Crippen LogP contribution in [-0.4, -0.2) is 19.1 Å². The highest BCUT2D eigenvalue weighted by Crippen LogP contribution is 2.32. The Bertz CT molecular complexity index is 388. The number of benzene rings is 1. The number of halogens is 1. The van der Waals surface area contributed by atoms with E-state index in [1.807, 2.05) is 18.2 Å². The van der Waals surface area contributed by atoms with Gasteiger partial charge in [-0.3, -0.25) is 4.79 Å². The van der Waals surface area contributed by atoms with E-state index in [1.165, 1.54) is 0 Å². The minimum atomic E-state index is 0.103. The Labute approximate surface area is 99.7 Å². The van der Waals surface area contributed by atoms with Crippen molar-refractivity contribution in [1.29, 1.82) is 0 Å². The van der Waals surface area contributed by atoms with E-state index < -0.39 is 0 Å². The van der Waals surface area contributed by atoms with Crippen molar-refractivity contribution < 1.29 is 9.53 Å². The number of nitrogens with one attached hydrogen (secondary N) is 1. The third-order valence-electron chi connectivity index (χ3n) is 2.81. The summed E-state index contributed by atoms with van der Waals surface area (Å²) in [5.74, 6) is 0.980. The van der Waals surface area contributed by atoms with E-state index in [9.17, 15) is 4.79 Å². The molecule has 1 N–H and O–H groups in total. The monoisotopic (exact) mass is 239 g/mol. The molecule has 16 heavy (non-hydrogen) atoms. The zero-order chi connectivity index (χ0) is 11.5. The first kappa shape index (κ1) is 11.3. The fourth-order valence-corrected chi connectivity index (χ4v) is 1.99. The van der Waals surface area contributed by atoms with Gasteiger partial charge in [0.1, 0.15) is 11.9 Å². The highest BCUT2D eigenvalue weighted by Gasteiger charge is 2.35. The first-order valence-corrected chi connectivity index (χ1v) is 5.70. The smallest absolute Gasteiger partial charge is 0.223 e. The molecule has 0 aliphatic heterocycles. The fraction of sp³-hybridized carbons (Fsp3) is 0.417. The molecule has 1 aliphatic rings. The first-order chi connectivity index (χ1) is 7.69. The highest BCUT2D eigenvalue weighted by molar-refractivity contribution is 6.30. The van der Waals surface area contributed by atoms with Gasteiger partial charge in [0.15, 0.2) is 0 Å². The lowest BCUT2D eigenvalue weighted by atomic mass is 9.81. The molecule has 0 bridgehead atoms. The minimum Gasteiger partial charge on any atom is -0.490 e. The van der Waals surface area contributed by atoms with E-state index in [-0.39, 0.29) is 17.9 Å². The van der Waals surface area contributed by atoms with Crippen molar-refractivity contribution in [3.8, 4) is 5.75 Å². The van der Waals surface area contributed by atoms with Crippen LogP contribution in [0.2, 0.25) is 5.02 Å². The molecule has 0 radical (unpaired) electrons. The third kappa shape index (κ3) is 2.47. The summed E-state index contributed by atoms with van der Waals surface area (Å²) in [5, 5.41) is 3.31. The van der Waals surface area contributed by atoms with Crippen LogP contribution in [0.25, 0.3) is 0 Å². The molecule has 0 atom stereocenters. The maximum absolute atomic E-state index is 11.3. The Morgan fingerprint density at radius 1 is 1.50 bits per heavy atom. The molecule has 3 nitrogen and oxygen atoms in total. The second-order valence-electron chi connectivity index (χ2n) is 3.98. The number of rotatable bonds is 3. The normalized spacial score (nSPS) is 23.4. The van der Waals surface area contributed by atoms with Gasteiger partial charge in [-0.2, -0.15) is 0 Å². The number of ether oxygens (including phenoxy) is 1. The molecule has 1 aromatic carbocycles. The number of carbonyl (C=O) groups is 1. The Balaban J connectivity index is 1.84. The first-order valence-electron chi connectivity index (χ1n) is 5.33. The molecule has 1 saturated carbocycles. The number of carbonyl (C=O) groups excluding carboxylic acids is 1. The number of amides is 1. The molecule has 1 aliphatic carbocycles. The van der Waals surface area contributed by atoms with Gasteiger partial charge in [-0.1, -0.05) is 17.7 Å². The molecule has 1 amide bonds. The minimum absolute atomic E-state index is 0.103. The van der Waals surface area contributed by atoms with Crippen molar-refractivity contribution in [2.75, 3.05) is 7.05 Å². The van der Waals surface area contributed by atoms with Crippen LogP contribution in [0.4, 0.5) is 0 Å². The summed E-state index contributed by atoms with van der Waals surface area (Å²) in [6.45, 7) is 0. The van der Waals surface area contributed by atoms with Crippen molar-refractivity contribution in [3.05, 3.63) is 29.3 Å². The molecule has 0 unspecified atom stereocenters. The quantitative estimate of drug-likeness (QED) is 0.879. The zero-order valence-electron chi connectivity index (χ0n) is 9.07. The van der Waals surface area contributed by atoms with Crippen LogP contribution in [0, 0.1) is 5.92 Å². The predicted octanol–water partition coefficient (Wildman–Crippen LogP) is 2.24. The molecule has 0 aromatic heterocycles. The van der Waals surface area contributed by atoms with Gasteiger partial charge >= 0.3 is 0 Å². The topological polar surface area (TPSA) is 38.3 Å². The van der Waals surface area contributed by atoms with E-state index in [0.29, 0.717) is 5.02 Å². The summed E-state index contributed by atoms with van der Waals surface area (Å²) in [6.07, 6.45) is 1.71. The van der Waals surface area contributed by atoms with Crippen LogP contribution in [0.3, 0.4) is 0 Å². The van der Waals surface area contributed by atoms with Crippen LogP contribution in [0.5, 0.6) is 5.75 Å². The van der Waals surface area contributed by atoms with Gasteiger partial charge < -0.3 is 10.1 Å². The molecule has 1 fully saturated rings. The molecule has 0 heterocycles. The summed E-state index contributed by atoms with van der Waals surface area (Å²) in [5.41, 5.74) is 0. The molecule has 1 aromatic rings. The molecule has 2 rings (SSSR count). The molecule has 86 valence electrons. The van der Waals surface area contributed by atoms with Crippen molar-refractivity contribution in [1.82, 2.24) is 5.32 Å². The maximum Gasteiger partial charge on any atom is 0.223 e. The molecule has 0 saturated heterocycles. The molecular formula is C12H14ClNO2. The predicted molar refractivity (Wildman–Crippen MR) is 62.7 cm³/mol. The van der Waals surface area contributed by atoms with Gasteiger partial charge in [-0.25, -0.2) is 0 Å². The summed E-state index contributed by atoms with van der Waals surface area (Å²) in [7, 11) is 1.66. The van der Waals surface area contributed by atoms with E-state index in [2.05, 4.69) is 5.32 Å². The van der Waals surface area contributed by atoms with E-state index in [4.69, 9.17) is 16.3 Å². The lowest BCUT2D eigenvalue weighted by molar-refractivity contribution is -0.130. The van der Waals surface area contributed by atoms with Crippen molar-refractivity contribution in [3.63, 3.8) is 0 Å². The summed E-state index contributed by atoms with van der Waals surface area (Å²) in [4.78, 5) is 11.3. The van der Waals surface area contributed by atoms with Gasteiger partial charge in [0, 0.05) is 18.0 Å². The Morgan fingerprint density at radius 3 is 2.88 bits per heavy atom. The maximum atomic E-state index is 11.3. The van der Waals surface area contributed by atoms with Crippen molar-refractivity contribution in [2.24, 2.45) is 5.92 Å². The molecule has 4 heteroatoms. The second-order valence-corrected chi connectivity index (χ2v) is 4.42. The van der Waals surface area contributed by atoms with Crippen LogP contribution >= 0.6 is 11.6 Å². The summed E-state index contributed by atoms with van der Waals surface area (Å²) >= 11 is 5.85. The standard InChI is InChI=1S/C12H14ClNO2/c1-14-12(15)8-5-11(6-8)16-10-4-2-3-9(13)7-10/h2-4,7-8,11H,5-6H2,1H3,(H,14,15). The van der Waals surface area contributed by atoms with Gasteiger partial charge in [0.05, 0.1) is 0 Å². The lowest BCUT2D eigenvalue weighted by Gasteiger charge is -2.33. The fourth-order valence-electron chi connectivity index (χ4n) is 1.81. The van der Waals surface area contributed by atoms with Gasteiger partial charge in [0.2, 0.25) is 5.91 Å². The van der Waals surface area contributed by atoms with Crippen LogP contribution in [0.15, 0.2) is 24.3 Å². The average molecular weight is 240 g/mol. The SMILES string of the molecule is CNC(=O)C1CC(Oc2cccc(Cl)c2)C1. The van der Waals surface area contributed by atoms with Gasteiger partial charge in [-0.05, 0) is 31.0 Å². The number of hydrogen-bond donors (Lipinski definition) is 1. The van der Waals surface area contributed by atoms with E-state index in [1.54, 1.807) is 13.1 Å². The van der Waals surface area contributed by atoms with E-state index in [0.717, 1.165) is 18.6 Å². The number of hydrogen-bond acceptors (Lipinski definition) is 2. The van der Waals surface area contributed by atoms with Crippen molar-refractivity contribution in [2.45, 2.75) is 18.9 Å². The second kappa shape index (κ2) is 4.74. The van der Waals surface area contributed by atoms with Gasteiger partial charge in [-0.15, -0.1) is 0 Å². The highest BCUT2D eigenvalue weighted by atomic mass is 35.5. The van der Waals surface area contributed by atoms with Crippen LogP contribution < -0.4 is 10.1 Å². The average Bonchev–Trinajstić information content (AvgIpc) is 2.22. The van der Waals surface area contributed by atoms with E-state index >= 15 is 0 Å². The molecular weight excluding hydrogens is 226 g/mol. The zero-order valence-corrected chi connectivity index (χ0v) is 9.83. The Hall–Kier alpha value is -1.22. The Morgan fingerprint density at radius 2 is 2.25 bits per heavy atom. The Kier molecular flexibility index (Phi) is 3.34. The van der Waals surface area contributed by atoms with Crippen molar-refractivity contribution >= 4 is 17.5 Å². The third-order valence-corrected chi connectivity index (χ3v) is 3.05. The molecule has 0 spiro atoms. The van der Waals surface area contributed by atoms with Crippen LogP contribution in [0.1, 0.15) is 12.8 Å². The summed E-state index contributed by atoms with van der Waals surface area (Å²) in [6, 6.07) is 7.32. The van der Waals surface area contributed by atoms with Gasteiger partial charge in [0.25, 0.3) is 0 Å². The summed E-state index contributed by atoms with van der Waals surface area (Å²) < 4.78 is 5.69. The van der Waals surface area contributed by atoms with Crippen LogP contribution in [-0.2, 0) is 4.79 Å². The largest absolute Gasteiger partial charge is 0.490 e.